The van der Waals surface area contributed by atoms with Crippen molar-refractivity contribution in [3.05, 3.63) is 52.5 Å². The molecular formula is C15H16BrN3O. The maximum atomic E-state index is 12.3. The van der Waals surface area contributed by atoms with Crippen LogP contribution in [-0.4, -0.2) is 20.0 Å². The summed E-state index contributed by atoms with van der Waals surface area (Å²) in [6.07, 6.45) is 0. The van der Waals surface area contributed by atoms with Crippen LogP contribution in [0.2, 0.25) is 0 Å². The second-order valence-corrected chi connectivity index (χ2v) is 5.55. The van der Waals surface area contributed by atoms with Crippen molar-refractivity contribution in [2.75, 3.05) is 30.0 Å². The average Bonchev–Trinajstić information content (AvgIpc) is 2.37. The molecule has 2 aromatic carbocycles. The van der Waals surface area contributed by atoms with Gasteiger partial charge in [-0.1, -0.05) is 28.1 Å². The van der Waals surface area contributed by atoms with Gasteiger partial charge < -0.3 is 16.0 Å². The van der Waals surface area contributed by atoms with Crippen molar-refractivity contribution in [1.82, 2.24) is 0 Å². The van der Waals surface area contributed by atoms with Crippen LogP contribution in [-0.2, 0) is 0 Å². The average molecular weight is 334 g/mol. The van der Waals surface area contributed by atoms with Crippen molar-refractivity contribution in [2.24, 2.45) is 0 Å². The Bertz CT molecular complexity index is 621. The van der Waals surface area contributed by atoms with Crippen molar-refractivity contribution < 1.29 is 4.79 Å². The number of carbonyl (C=O) groups is 1. The Morgan fingerprint density at radius 3 is 2.55 bits per heavy atom. The Labute approximate surface area is 126 Å². The Morgan fingerprint density at radius 1 is 1.20 bits per heavy atom. The molecule has 0 saturated heterocycles. The van der Waals surface area contributed by atoms with Crippen LogP contribution in [0.25, 0.3) is 0 Å². The number of nitrogens with two attached hydrogens (primary N) is 1. The van der Waals surface area contributed by atoms with Gasteiger partial charge in [0.1, 0.15) is 0 Å². The first-order valence-electron chi connectivity index (χ1n) is 6.11. The first-order valence-corrected chi connectivity index (χ1v) is 6.90. The van der Waals surface area contributed by atoms with Crippen molar-refractivity contribution in [1.29, 1.82) is 0 Å². The largest absolute Gasteiger partial charge is 0.399 e. The van der Waals surface area contributed by atoms with Crippen molar-refractivity contribution >= 4 is 38.9 Å². The predicted octanol–water partition coefficient (Wildman–Crippen LogP) is 3.35. The normalized spacial score (nSPS) is 10.2. The number of hydrogen-bond donors (Lipinski definition) is 2. The van der Waals surface area contributed by atoms with Gasteiger partial charge in [-0.2, -0.15) is 0 Å². The summed E-state index contributed by atoms with van der Waals surface area (Å²) in [4.78, 5) is 14.2. The number of halogens is 1. The SMILES string of the molecule is CN(C)c1ccccc1NC(=O)c1cc(N)cc(Br)c1. The lowest BCUT2D eigenvalue weighted by atomic mass is 10.1. The number of rotatable bonds is 3. The Kier molecular flexibility index (Phi) is 4.29. The predicted molar refractivity (Wildman–Crippen MR) is 87.3 cm³/mol. The summed E-state index contributed by atoms with van der Waals surface area (Å²) >= 11 is 3.34. The molecule has 0 aliphatic carbocycles. The molecule has 0 aromatic heterocycles. The third-order valence-corrected chi connectivity index (χ3v) is 3.27. The monoisotopic (exact) mass is 333 g/mol. The summed E-state index contributed by atoms with van der Waals surface area (Å²) in [7, 11) is 3.87. The van der Waals surface area contributed by atoms with Gasteiger partial charge in [0.05, 0.1) is 11.4 Å². The maximum Gasteiger partial charge on any atom is 0.255 e. The van der Waals surface area contributed by atoms with E-state index in [2.05, 4.69) is 21.2 Å². The van der Waals surface area contributed by atoms with Gasteiger partial charge in [0.25, 0.3) is 5.91 Å². The molecule has 0 saturated carbocycles. The molecule has 2 rings (SSSR count). The van der Waals surface area contributed by atoms with Crippen LogP contribution in [0.4, 0.5) is 17.1 Å². The number of hydrogen-bond acceptors (Lipinski definition) is 3. The van der Waals surface area contributed by atoms with Crippen molar-refractivity contribution in [2.45, 2.75) is 0 Å². The second-order valence-electron chi connectivity index (χ2n) is 4.64. The number of carbonyl (C=O) groups excluding carboxylic acids is 1. The summed E-state index contributed by atoms with van der Waals surface area (Å²) in [5, 5.41) is 2.91. The molecular weight excluding hydrogens is 318 g/mol. The molecule has 0 atom stereocenters. The number of nitrogens with zero attached hydrogens (tertiary/aromatic N) is 1. The highest BCUT2D eigenvalue weighted by atomic mass is 79.9. The van der Waals surface area contributed by atoms with Gasteiger partial charge in [-0.15, -0.1) is 0 Å². The molecule has 0 heterocycles. The fourth-order valence-electron chi connectivity index (χ4n) is 1.91. The van der Waals surface area contributed by atoms with E-state index in [0.29, 0.717) is 11.3 Å². The molecule has 5 heteroatoms. The topological polar surface area (TPSA) is 58.4 Å². The lowest BCUT2D eigenvalue weighted by Gasteiger charge is -2.17. The highest BCUT2D eigenvalue weighted by Gasteiger charge is 2.11. The van der Waals surface area contributed by atoms with Gasteiger partial charge in [-0.25, -0.2) is 0 Å². The third-order valence-electron chi connectivity index (χ3n) is 2.82. The maximum absolute atomic E-state index is 12.3. The molecule has 4 nitrogen and oxygen atoms in total. The first kappa shape index (κ1) is 14.4. The zero-order chi connectivity index (χ0) is 14.7. The fraction of sp³-hybridized carbons (Fsp3) is 0.133. The summed E-state index contributed by atoms with van der Waals surface area (Å²) in [6, 6.07) is 12.8. The molecule has 20 heavy (non-hydrogen) atoms. The van der Waals surface area contributed by atoms with Crippen LogP contribution in [0.1, 0.15) is 10.4 Å². The van der Waals surface area contributed by atoms with E-state index < -0.39 is 0 Å². The summed E-state index contributed by atoms with van der Waals surface area (Å²) in [5.41, 5.74) is 8.53. The second kappa shape index (κ2) is 5.96. The number of nitrogens with one attached hydrogen (secondary N) is 1. The van der Waals surface area contributed by atoms with Crippen LogP contribution in [0.3, 0.4) is 0 Å². The third kappa shape index (κ3) is 3.30. The molecule has 0 radical (unpaired) electrons. The highest BCUT2D eigenvalue weighted by molar-refractivity contribution is 9.10. The van der Waals surface area contributed by atoms with Crippen molar-refractivity contribution in [3.8, 4) is 0 Å². The number of amides is 1. The molecule has 0 aliphatic heterocycles. The minimum absolute atomic E-state index is 0.188. The van der Waals surface area contributed by atoms with E-state index in [1.807, 2.05) is 43.3 Å². The van der Waals surface area contributed by atoms with Crippen LogP contribution in [0.15, 0.2) is 46.9 Å². The Morgan fingerprint density at radius 2 is 1.90 bits per heavy atom. The van der Waals surface area contributed by atoms with E-state index in [-0.39, 0.29) is 5.91 Å². The van der Waals surface area contributed by atoms with Gasteiger partial charge in [0.15, 0.2) is 0 Å². The summed E-state index contributed by atoms with van der Waals surface area (Å²) in [6.45, 7) is 0. The van der Waals surface area contributed by atoms with Gasteiger partial charge in [0.2, 0.25) is 0 Å². The van der Waals surface area contributed by atoms with Gasteiger partial charge >= 0.3 is 0 Å². The minimum Gasteiger partial charge on any atom is -0.399 e. The quantitative estimate of drug-likeness (QED) is 0.847. The summed E-state index contributed by atoms with van der Waals surface area (Å²) < 4.78 is 0.781. The van der Waals surface area contributed by atoms with Crippen LogP contribution in [0, 0.1) is 0 Å². The van der Waals surface area contributed by atoms with E-state index in [1.165, 1.54) is 0 Å². The highest BCUT2D eigenvalue weighted by Crippen LogP contribution is 2.25. The lowest BCUT2D eigenvalue weighted by Crippen LogP contribution is -2.16. The number of nitrogen functional groups attached to an aromatic ring is 1. The minimum atomic E-state index is -0.188. The van der Waals surface area contributed by atoms with Gasteiger partial charge in [-0.05, 0) is 30.3 Å². The molecule has 0 unspecified atom stereocenters. The van der Waals surface area contributed by atoms with Crippen molar-refractivity contribution in [3.63, 3.8) is 0 Å². The van der Waals surface area contributed by atoms with E-state index >= 15 is 0 Å². The Balaban J connectivity index is 2.28. The van der Waals surface area contributed by atoms with E-state index in [0.717, 1.165) is 15.8 Å². The smallest absolute Gasteiger partial charge is 0.255 e. The standard InChI is InChI=1S/C15H16BrN3O/c1-19(2)14-6-4-3-5-13(14)18-15(20)10-7-11(16)9-12(17)8-10/h3-9H,17H2,1-2H3,(H,18,20). The summed E-state index contributed by atoms with van der Waals surface area (Å²) in [5.74, 6) is -0.188. The number of anilines is 3. The molecule has 0 fully saturated rings. The zero-order valence-corrected chi connectivity index (χ0v) is 12.9. The van der Waals surface area contributed by atoms with E-state index in [9.17, 15) is 4.79 Å². The number of para-hydroxylation sites is 2. The van der Waals surface area contributed by atoms with Crippen LogP contribution >= 0.6 is 15.9 Å². The molecule has 3 N–H and O–H groups in total. The van der Waals surface area contributed by atoms with Gasteiger partial charge in [0, 0.05) is 29.8 Å². The molecule has 1 amide bonds. The lowest BCUT2D eigenvalue weighted by molar-refractivity contribution is 0.102. The first-order chi connectivity index (χ1) is 9.47. The van der Waals surface area contributed by atoms with Gasteiger partial charge in [-0.3, -0.25) is 4.79 Å². The molecule has 0 bridgehead atoms. The van der Waals surface area contributed by atoms with Crippen LogP contribution < -0.4 is 16.0 Å². The van der Waals surface area contributed by atoms with Crippen LogP contribution in [0.5, 0.6) is 0 Å². The molecule has 2 aromatic rings. The van der Waals surface area contributed by atoms with E-state index in [4.69, 9.17) is 5.73 Å². The molecule has 0 aliphatic rings. The molecule has 104 valence electrons. The fourth-order valence-corrected chi connectivity index (χ4v) is 2.42. The molecule has 0 spiro atoms. The Hall–Kier alpha value is -2.01. The van der Waals surface area contributed by atoms with E-state index in [1.54, 1.807) is 18.2 Å². The number of benzene rings is 2. The zero-order valence-electron chi connectivity index (χ0n) is 11.4.